The average molecular weight is 575 g/mol. The van der Waals surface area contributed by atoms with Crippen LogP contribution in [0.15, 0.2) is 133 Å². The van der Waals surface area contributed by atoms with Crippen LogP contribution in [-0.2, 0) is 0 Å². The topological polar surface area (TPSA) is 51.6 Å². The molecule has 0 aliphatic rings. The number of aromatic nitrogens is 4. The molecule has 0 N–H and O–H groups in total. The van der Waals surface area contributed by atoms with Gasteiger partial charge in [-0.2, -0.15) is 0 Å². The fourth-order valence-corrected chi connectivity index (χ4v) is 6.95. The van der Waals surface area contributed by atoms with Crippen LogP contribution in [0.1, 0.15) is 0 Å². The summed E-state index contributed by atoms with van der Waals surface area (Å²) in [6.45, 7) is 0. The van der Waals surface area contributed by atoms with Crippen LogP contribution < -0.4 is 0 Å². The molecule has 4 aromatic heterocycles. The van der Waals surface area contributed by atoms with Crippen molar-refractivity contribution in [2.45, 2.75) is 0 Å². The quantitative estimate of drug-likeness (QED) is 0.205. The first-order valence-corrected chi connectivity index (χ1v) is 15.3. The molecular weight excluding hydrogens is 553 g/mol. The first-order chi connectivity index (χ1) is 20.8. The standard InChI is InChI=1S/C36H22N4S2/c1-3-7-31-29(5-1)27(23-17-25(21-37-19-23)35-39-13-15-41-35)9-11-33(31)34-12-10-28(30-6-2-4-8-32(30)34)24-18-26(22-38-20-24)36-40-14-16-42-36/h1-22H. The van der Waals surface area contributed by atoms with Gasteiger partial charge in [0.15, 0.2) is 0 Å². The van der Waals surface area contributed by atoms with E-state index in [1.165, 1.54) is 32.7 Å². The highest BCUT2D eigenvalue weighted by atomic mass is 32.1. The Labute approximate surface area is 250 Å². The summed E-state index contributed by atoms with van der Waals surface area (Å²) in [7, 11) is 0. The molecule has 8 rings (SSSR count). The molecule has 0 aliphatic heterocycles. The van der Waals surface area contributed by atoms with Crippen LogP contribution in [0.5, 0.6) is 0 Å². The predicted octanol–water partition coefficient (Wildman–Crippen LogP) is 10.0. The average Bonchev–Trinajstić information content (AvgIpc) is 3.80. The minimum absolute atomic E-state index is 0.976. The zero-order valence-electron chi connectivity index (χ0n) is 22.3. The summed E-state index contributed by atoms with van der Waals surface area (Å²) in [6, 6.07) is 30.6. The van der Waals surface area contributed by atoms with Gasteiger partial charge in [-0.3, -0.25) is 9.97 Å². The minimum Gasteiger partial charge on any atom is -0.263 e. The molecule has 0 saturated carbocycles. The van der Waals surface area contributed by atoms with Gasteiger partial charge < -0.3 is 0 Å². The number of hydrogen-bond acceptors (Lipinski definition) is 6. The Morgan fingerprint density at radius 1 is 0.405 bits per heavy atom. The molecule has 0 amide bonds. The molecule has 6 heteroatoms. The maximum atomic E-state index is 4.56. The number of thiazole rings is 2. The van der Waals surface area contributed by atoms with Crippen LogP contribution in [-0.4, -0.2) is 19.9 Å². The Kier molecular flexibility index (Phi) is 6.13. The number of rotatable bonds is 5. The smallest absolute Gasteiger partial charge is 0.124 e. The van der Waals surface area contributed by atoms with Gasteiger partial charge in [0.25, 0.3) is 0 Å². The molecule has 0 bridgehead atoms. The van der Waals surface area contributed by atoms with Crippen molar-refractivity contribution in [2.24, 2.45) is 0 Å². The predicted molar refractivity (Wildman–Crippen MR) is 176 cm³/mol. The van der Waals surface area contributed by atoms with E-state index in [2.05, 4.69) is 105 Å². The highest BCUT2D eigenvalue weighted by Gasteiger charge is 2.15. The summed E-state index contributed by atoms with van der Waals surface area (Å²) in [5, 5.41) is 10.8. The molecule has 0 radical (unpaired) electrons. The number of fused-ring (bicyclic) bond motifs is 2. The lowest BCUT2D eigenvalue weighted by molar-refractivity contribution is 1.31. The van der Waals surface area contributed by atoms with Crippen molar-refractivity contribution < 1.29 is 0 Å². The molecule has 0 spiro atoms. The molecule has 4 heterocycles. The maximum Gasteiger partial charge on any atom is 0.124 e. The molecule has 0 saturated heterocycles. The molecule has 4 nitrogen and oxygen atoms in total. The summed E-state index contributed by atoms with van der Waals surface area (Å²) in [5.41, 5.74) is 8.96. The Morgan fingerprint density at radius 3 is 1.19 bits per heavy atom. The monoisotopic (exact) mass is 574 g/mol. The van der Waals surface area contributed by atoms with E-state index in [0.717, 1.165) is 43.4 Å². The van der Waals surface area contributed by atoms with E-state index in [0.29, 0.717) is 0 Å². The lowest BCUT2D eigenvalue weighted by Crippen LogP contribution is -1.90. The van der Waals surface area contributed by atoms with E-state index in [4.69, 9.17) is 0 Å². The summed E-state index contributed by atoms with van der Waals surface area (Å²) in [4.78, 5) is 18.1. The van der Waals surface area contributed by atoms with Gasteiger partial charge in [-0.25, -0.2) is 9.97 Å². The molecule has 4 aromatic carbocycles. The summed E-state index contributed by atoms with van der Waals surface area (Å²) in [6.07, 6.45) is 11.3. The second-order valence-electron chi connectivity index (χ2n) is 10.0. The molecule has 0 unspecified atom stereocenters. The van der Waals surface area contributed by atoms with Crippen molar-refractivity contribution in [3.63, 3.8) is 0 Å². The van der Waals surface area contributed by atoms with Crippen LogP contribution in [0.3, 0.4) is 0 Å². The van der Waals surface area contributed by atoms with Gasteiger partial charge >= 0.3 is 0 Å². The molecule has 0 aliphatic carbocycles. The third kappa shape index (κ3) is 4.29. The SMILES string of the molecule is c1ccc2c(-c3ccc(-c4cncc(-c5nccs5)c4)c4ccccc34)ccc(-c3cncc(-c4nccs4)c3)c2c1. The van der Waals surface area contributed by atoms with Gasteiger partial charge in [0.2, 0.25) is 0 Å². The molecule has 42 heavy (non-hydrogen) atoms. The Bertz CT molecular complexity index is 2040. The highest BCUT2D eigenvalue weighted by molar-refractivity contribution is 7.13. The lowest BCUT2D eigenvalue weighted by Gasteiger charge is -2.16. The third-order valence-electron chi connectivity index (χ3n) is 7.60. The van der Waals surface area contributed by atoms with Gasteiger partial charge in [0.1, 0.15) is 10.0 Å². The van der Waals surface area contributed by atoms with Gasteiger partial charge in [0.05, 0.1) is 0 Å². The first kappa shape index (κ1) is 24.7. The minimum atomic E-state index is 0.976. The lowest BCUT2D eigenvalue weighted by atomic mass is 9.88. The van der Waals surface area contributed by atoms with Crippen molar-refractivity contribution in [1.82, 2.24) is 19.9 Å². The van der Waals surface area contributed by atoms with E-state index in [9.17, 15) is 0 Å². The number of benzene rings is 4. The second kappa shape index (κ2) is 10.4. The number of hydrogen-bond donors (Lipinski definition) is 0. The number of nitrogens with zero attached hydrogens (tertiary/aromatic N) is 4. The fraction of sp³-hybridized carbons (Fsp3) is 0. The van der Waals surface area contributed by atoms with Crippen LogP contribution in [0, 0.1) is 0 Å². The molecule has 198 valence electrons. The highest BCUT2D eigenvalue weighted by Crippen LogP contribution is 2.41. The van der Waals surface area contributed by atoms with Crippen molar-refractivity contribution >= 4 is 44.2 Å². The molecule has 8 aromatic rings. The van der Waals surface area contributed by atoms with Gasteiger partial charge in [0, 0.05) is 70.2 Å². The van der Waals surface area contributed by atoms with Crippen LogP contribution in [0.2, 0.25) is 0 Å². The Balaban J connectivity index is 1.28. The van der Waals surface area contributed by atoms with Crippen LogP contribution in [0.25, 0.3) is 76.1 Å². The van der Waals surface area contributed by atoms with Gasteiger partial charge in [-0.1, -0.05) is 72.8 Å². The third-order valence-corrected chi connectivity index (χ3v) is 9.24. The zero-order chi connectivity index (χ0) is 27.9. The van der Waals surface area contributed by atoms with E-state index < -0.39 is 0 Å². The largest absolute Gasteiger partial charge is 0.263 e. The first-order valence-electron chi connectivity index (χ1n) is 13.6. The molecule has 0 fully saturated rings. The Morgan fingerprint density at radius 2 is 0.786 bits per heavy atom. The van der Waals surface area contributed by atoms with Crippen LogP contribution >= 0.6 is 22.7 Å². The second-order valence-corrected chi connectivity index (χ2v) is 11.8. The van der Waals surface area contributed by atoms with Gasteiger partial charge in [-0.15, -0.1) is 22.7 Å². The van der Waals surface area contributed by atoms with Crippen LogP contribution in [0.4, 0.5) is 0 Å². The maximum absolute atomic E-state index is 4.56. The van der Waals surface area contributed by atoms with E-state index >= 15 is 0 Å². The summed E-state index contributed by atoms with van der Waals surface area (Å²) >= 11 is 3.25. The van der Waals surface area contributed by atoms with E-state index in [1.54, 1.807) is 22.7 Å². The normalized spacial score (nSPS) is 11.3. The van der Waals surface area contributed by atoms with E-state index in [-0.39, 0.29) is 0 Å². The van der Waals surface area contributed by atoms with Crippen molar-refractivity contribution in [1.29, 1.82) is 0 Å². The molecular formula is C36H22N4S2. The van der Waals surface area contributed by atoms with Crippen molar-refractivity contribution in [3.05, 3.63) is 133 Å². The zero-order valence-corrected chi connectivity index (χ0v) is 23.9. The summed E-state index contributed by atoms with van der Waals surface area (Å²) < 4.78 is 0. The van der Waals surface area contributed by atoms with Crippen molar-refractivity contribution in [3.8, 4) is 54.5 Å². The van der Waals surface area contributed by atoms with E-state index in [1.807, 2.05) is 47.9 Å². The fourth-order valence-electron chi connectivity index (χ4n) is 5.71. The van der Waals surface area contributed by atoms with Gasteiger partial charge in [-0.05, 0) is 55.9 Å². The Hall–Kier alpha value is -5.04. The van der Waals surface area contributed by atoms with Crippen molar-refractivity contribution in [2.75, 3.05) is 0 Å². The number of pyridine rings is 2. The molecule has 0 atom stereocenters. The summed E-state index contributed by atoms with van der Waals surface area (Å²) in [5.74, 6) is 0.